The van der Waals surface area contributed by atoms with Crippen LogP contribution in [0.2, 0.25) is 0 Å². The minimum atomic E-state index is -3.33. The number of aryl methyl sites for hydroxylation is 1. The number of rotatable bonds is 7. The van der Waals surface area contributed by atoms with Gasteiger partial charge >= 0.3 is 0 Å². The van der Waals surface area contributed by atoms with Crippen LogP contribution in [-0.4, -0.2) is 36.8 Å². The summed E-state index contributed by atoms with van der Waals surface area (Å²) >= 11 is 0. The van der Waals surface area contributed by atoms with Gasteiger partial charge in [-0.2, -0.15) is 0 Å². The molecule has 0 unspecified atom stereocenters. The summed E-state index contributed by atoms with van der Waals surface area (Å²) in [6, 6.07) is 0. The number of imidazole rings is 1. The molecule has 0 spiro atoms. The molecule has 0 radical (unpaired) electrons. The van der Waals surface area contributed by atoms with E-state index in [1.165, 1.54) is 0 Å². The van der Waals surface area contributed by atoms with E-state index in [4.69, 9.17) is 5.14 Å². The number of hydrogen-bond acceptors (Lipinski definition) is 4. The van der Waals surface area contributed by atoms with Gasteiger partial charge in [-0.1, -0.05) is 0 Å². The van der Waals surface area contributed by atoms with Gasteiger partial charge in [0.2, 0.25) is 10.0 Å². The Morgan fingerprint density at radius 3 is 2.80 bits per heavy atom. The monoisotopic (exact) mass is 232 g/mol. The van der Waals surface area contributed by atoms with E-state index in [9.17, 15) is 8.42 Å². The molecule has 86 valence electrons. The zero-order chi connectivity index (χ0) is 11.1. The molecule has 0 aliphatic carbocycles. The third-order valence-corrected chi connectivity index (χ3v) is 2.67. The maximum absolute atomic E-state index is 10.6. The predicted octanol–water partition coefficient (Wildman–Crippen LogP) is -0.849. The number of hydrogen-bond donors (Lipinski definition) is 2. The van der Waals surface area contributed by atoms with Crippen molar-refractivity contribution in [3.63, 3.8) is 0 Å². The molecule has 1 heterocycles. The third kappa shape index (κ3) is 6.21. The van der Waals surface area contributed by atoms with Crippen LogP contribution in [0.5, 0.6) is 0 Å². The first-order valence-corrected chi connectivity index (χ1v) is 6.46. The van der Waals surface area contributed by atoms with Gasteiger partial charge in [-0.15, -0.1) is 0 Å². The SMILES string of the molecule is NS(=O)(=O)CCNCCCn1ccnc1. The summed E-state index contributed by atoms with van der Waals surface area (Å²) in [5, 5.41) is 7.86. The zero-order valence-electron chi connectivity index (χ0n) is 8.46. The molecule has 7 heteroatoms. The Morgan fingerprint density at radius 1 is 1.40 bits per heavy atom. The van der Waals surface area contributed by atoms with E-state index in [1.807, 2.05) is 10.8 Å². The van der Waals surface area contributed by atoms with Crippen LogP contribution in [0.25, 0.3) is 0 Å². The van der Waals surface area contributed by atoms with Crippen LogP contribution < -0.4 is 10.5 Å². The molecule has 0 bridgehead atoms. The fraction of sp³-hybridized carbons (Fsp3) is 0.625. The van der Waals surface area contributed by atoms with Gasteiger partial charge in [0, 0.05) is 25.5 Å². The quantitative estimate of drug-likeness (QED) is 0.599. The Kier molecular flexibility index (Phi) is 4.73. The number of sulfonamides is 1. The Bertz CT molecular complexity index is 360. The van der Waals surface area contributed by atoms with E-state index < -0.39 is 10.0 Å². The highest BCUT2D eigenvalue weighted by atomic mass is 32.2. The molecule has 3 N–H and O–H groups in total. The largest absolute Gasteiger partial charge is 0.337 e. The number of aromatic nitrogens is 2. The van der Waals surface area contributed by atoms with Crippen molar-refractivity contribution in [1.82, 2.24) is 14.9 Å². The zero-order valence-corrected chi connectivity index (χ0v) is 9.28. The summed E-state index contributed by atoms with van der Waals surface area (Å²) in [5.41, 5.74) is 0. The first-order chi connectivity index (χ1) is 7.08. The van der Waals surface area contributed by atoms with Gasteiger partial charge in [0.25, 0.3) is 0 Å². The smallest absolute Gasteiger partial charge is 0.210 e. The van der Waals surface area contributed by atoms with Gasteiger partial charge < -0.3 is 9.88 Å². The second-order valence-electron chi connectivity index (χ2n) is 3.27. The molecule has 1 aromatic heterocycles. The van der Waals surface area contributed by atoms with E-state index in [2.05, 4.69) is 10.3 Å². The standard InChI is InChI=1S/C8H16N4O2S/c9-15(13,14)7-4-10-2-1-5-12-6-3-11-8-12/h3,6,8,10H,1-2,4-5,7H2,(H2,9,13,14). The summed E-state index contributed by atoms with van der Waals surface area (Å²) in [7, 11) is -3.33. The molecule has 1 rings (SSSR count). The fourth-order valence-corrected chi connectivity index (χ4v) is 1.57. The lowest BCUT2D eigenvalue weighted by molar-refractivity contribution is 0.577. The topological polar surface area (TPSA) is 90.0 Å². The van der Waals surface area contributed by atoms with Crippen LogP contribution in [0.1, 0.15) is 6.42 Å². The number of nitrogens with two attached hydrogens (primary N) is 1. The van der Waals surface area contributed by atoms with Crippen molar-refractivity contribution >= 4 is 10.0 Å². The van der Waals surface area contributed by atoms with E-state index in [1.54, 1.807) is 12.5 Å². The summed E-state index contributed by atoms with van der Waals surface area (Å²) in [5.74, 6) is -0.0158. The molecular formula is C8H16N4O2S. The summed E-state index contributed by atoms with van der Waals surface area (Å²) in [6.07, 6.45) is 6.31. The molecule has 0 saturated heterocycles. The first-order valence-electron chi connectivity index (χ1n) is 4.75. The van der Waals surface area contributed by atoms with E-state index in [0.717, 1.165) is 19.5 Å². The van der Waals surface area contributed by atoms with Crippen molar-refractivity contribution in [2.24, 2.45) is 5.14 Å². The van der Waals surface area contributed by atoms with Gasteiger partial charge in [0.1, 0.15) is 0 Å². The highest BCUT2D eigenvalue weighted by Gasteiger charge is 2.00. The highest BCUT2D eigenvalue weighted by molar-refractivity contribution is 7.89. The Balaban J connectivity index is 1.99. The molecule has 15 heavy (non-hydrogen) atoms. The lowest BCUT2D eigenvalue weighted by Crippen LogP contribution is -2.28. The molecule has 0 fully saturated rings. The van der Waals surface area contributed by atoms with Crippen LogP contribution in [-0.2, 0) is 16.6 Å². The normalized spacial score (nSPS) is 11.8. The molecule has 0 saturated carbocycles. The van der Waals surface area contributed by atoms with Crippen molar-refractivity contribution < 1.29 is 8.42 Å². The highest BCUT2D eigenvalue weighted by Crippen LogP contribution is 1.88. The second kappa shape index (κ2) is 5.84. The van der Waals surface area contributed by atoms with Crippen LogP contribution in [0.4, 0.5) is 0 Å². The molecule has 0 atom stereocenters. The van der Waals surface area contributed by atoms with Crippen LogP contribution >= 0.6 is 0 Å². The van der Waals surface area contributed by atoms with Crippen molar-refractivity contribution in [1.29, 1.82) is 0 Å². The van der Waals surface area contributed by atoms with Crippen molar-refractivity contribution in [2.45, 2.75) is 13.0 Å². The predicted molar refractivity (Wildman–Crippen MR) is 57.7 cm³/mol. The number of nitrogens with zero attached hydrogens (tertiary/aromatic N) is 2. The Morgan fingerprint density at radius 2 is 2.20 bits per heavy atom. The van der Waals surface area contributed by atoms with Gasteiger partial charge in [0.15, 0.2) is 0 Å². The maximum atomic E-state index is 10.6. The first kappa shape index (κ1) is 12.2. The third-order valence-electron chi connectivity index (χ3n) is 1.89. The molecule has 1 aromatic rings. The van der Waals surface area contributed by atoms with E-state index in [-0.39, 0.29) is 5.75 Å². The van der Waals surface area contributed by atoms with E-state index in [0.29, 0.717) is 6.54 Å². The minimum absolute atomic E-state index is 0.0158. The summed E-state index contributed by atoms with van der Waals surface area (Å²) < 4.78 is 23.1. The Hall–Kier alpha value is -0.920. The van der Waals surface area contributed by atoms with Gasteiger partial charge in [0.05, 0.1) is 12.1 Å². The minimum Gasteiger partial charge on any atom is -0.337 e. The van der Waals surface area contributed by atoms with E-state index >= 15 is 0 Å². The maximum Gasteiger partial charge on any atom is 0.210 e. The average molecular weight is 232 g/mol. The summed E-state index contributed by atoms with van der Waals surface area (Å²) in [6.45, 7) is 2.05. The average Bonchev–Trinajstić information content (AvgIpc) is 2.61. The molecule has 6 nitrogen and oxygen atoms in total. The lowest BCUT2D eigenvalue weighted by Gasteiger charge is -2.04. The van der Waals surface area contributed by atoms with Crippen LogP contribution in [0.15, 0.2) is 18.7 Å². The van der Waals surface area contributed by atoms with Gasteiger partial charge in [-0.3, -0.25) is 0 Å². The Labute approximate surface area is 89.5 Å². The van der Waals surface area contributed by atoms with Crippen LogP contribution in [0.3, 0.4) is 0 Å². The molecule has 0 aromatic carbocycles. The van der Waals surface area contributed by atoms with Crippen molar-refractivity contribution in [3.8, 4) is 0 Å². The number of nitrogens with one attached hydrogen (secondary N) is 1. The van der Waals surface area contributed by atoms with Crippen molar-refractivity contribution in [3.05, 3.63) is 18.7 Å². The second-order valence-corrected chi connectivity index (χ2v) is 5.01. The lowest BCUT2D eigenvalue weighted by atomic mass is 10.4. The summed E-state index contributed by atoms with van der Waals surface area (Å²) in [4.78, 5) is 3.92. The van der Waals surface area contributed by atoms with Crippen LogP contribution in [0, 0.1) is 0 Å². The fourth-order valence-electron chi connectivity index (χ4n) is 1.15. The molecular weight excluding hydrogens is 216 g/mol. The number of primary sulfonamides is 1. The van der Waals surface area contributed by atoms with Gasteiger partial charge in [-0.25, -0.2) is 18.5 Å². The molecule has 0 amide bonds. The van der Waals surface area contributed by atoms with Gasteiger partial charge in [-0.05, 0) is 13.0 Å². The molecule has 0 aliphatic rings. The molecule has 0 aliphatic heterocycles. The van der Waals surface area contributed by atoms with Crippen molar-refractivity contribution in [2.75, 3.05) is 18.8 Å².